The van der Waals surface area contributed by atoms with Crippen LogP contribution < -0.4 is 10.2 Å². The number of halogens is 1. The highest BCUT2D eigenvalue weighted by Crippen LogP contribution is 2.41. The van der Waals surface area contributed by atoms with Crippen LogP contribution in [0.15, 0.2) is 88.0 Å². The first-order valence-corrected chi connectivity index (χ1v) is 10.7. The summed E-state index contributed by atoms with van der Waals surface area (Å²) < 4.78 is 18.5. The summed E-state index contributed by atoms with van der Waals surface area (Å²) in [5.41, 5.74) is 1.20. The van der Waals surface area contributed by atoms with Gasteiger partial charge in [0.05, 0.1) is 18.1 Å². The molecule has 32 heavy (non-hydrogen) atoms. The molecular formula is C24H18FN3O3S. The van der Waals surface area contributed by atoms with E-state index >= 15 is 0 Å². The molecule has 0 spiro atoms. The lowest BCUT2D eigenvalue weighted by Gasteiger charge is -2.18. The Bertz CT molecular complexity index is 1190. The number of nitrogens with zero attached hydrogens (tertiary/aromatic N) is 2. The van der Waals surface area contributed by atoms with E-state index in [-0.39, 0.29) is 28.9 Å². The summed E-state index contributed by atoms with van der Waals surface area (Å²) in [6.45, 7) is 0.118. The lowest BCUT2D eigenvalue weighted by atomic mass is 10.1. The Morgan fingerprint density at radius 3 is 2.53 bits per heavy atom. The van der Waals surface area contributed by atoms with E-state index in [4.69, 9.17) is 4.42 Å². The smallest absolute Gasteiger partial charge is 0.265 e. The fraction of sp³-hybridized carbons (Fsp3) is 0.125. The largest absolute Gasteiger partial charge is 0.467 e. The van der Waals surface area contributed by atoms with Gasteiger partial charge in [0, 0.05) is 5.69 Å². The van der Waals surface area contributed by atoms with Gasteiger partial charge in [-0.3, -0.25) is 14.5 Å². The molecule has 3 aromatic rings. The second-order valence-electron chi connectivity index (χ2n) is 7.00. The molecule has 2 amide bonds. The first-order valence-electron chi connectivity index (χ1n) is 9.82. The van der Waals surface area contributed by atoms with Crippen molar-refractivity contribution in [1.29, 1.82) is 5.26 Å². The zero-order valence-corrected chi connectivity index (χ0v) is 17.6. The van der Waals surface area contributed by atoms with Gasteiger partial charge in [0.2, 0.25) is 5.91 Å². The van der Waals surface area contributed by atoms with Crippen molar-refractivity contribution in [3.8, 4) is 6.07 Å². The zero-order valence-electron chi connectivity index (χ0n) is 16.8. The molecule has 1 atom stereocenters. The first-order chi connectivity index (χ1) is 15.6. The average molecular weight is 447 g/mol. The van der Waals surface area contributed by atoms with Crippen molar-refractivity contribution >= 4 is 29.3 Å². The maximum absolute atomic E-state index is 13.3. The van der Waals surface area contributed by atoms with Crippen LogP contribution in [-0.4, -0.2) is 17.1 Å². The van der Waals surface area contributed by atoms with Crippen molar-refractivity contribution in [2.24, 2.45) is 0 Å². The third-order valence-corrected chi connectivity index (χ3v) is 6.12. The Labute approximate surface area is 188 Å². The summed E-state index contributed by atoms with van der Waals surface area (Å²) in [5, 5.41) is 12.2. The van der Waals surface area contributed by atoms with Gasteiger partial charge >= 0.3 is 0 Å². The Balaban J connectivity index is 1.66. The summed E-state index contributed by atoms with van der Waals surface area (Å²) in [4.78, 5) is 27.5. The maximum Gasteiger partial charge on any atom is 0.265 e. The van der Waals surface area contributed by atoms with Crippen LogP contribution in [0.1, 0.15) is 11.3 Å². The third kappa shape index (κ3) is 4.58. The van der Waals surface area contributed by atoms with Gasteiger partial charge in [-0.1, -0.05) is 42.1 Å². The average Bonchev–Trinajstić information content (AvgIpc) is 3.43. The Hall–Kier alpha value is -3.83. The van der Waals surface area contributed by atoms with Crippen LogP contribution in [0.4, 0.5) is 10.1 Å². The maximum atomic E-state index is 13.3. The summed E-state index contributed by atoms with van der Waals surface area (Å²) in [7, 11) is 0. The van der Waals surface area contributed by atoms with Crippen LogP contribution >= 0.6 is 11.8 Å². The van der Waals surface area contributed by atoms with Crippen molar-refractivity contribution in [1.82, 2.24) is 5.32 Å². The number of carbonyl (C=O) groups excluding carboxylic acids is 2. The van der Waals surface area contributed by atoms with Gasteiger partial charge in [0.25, 0.3) is 5.91 Å². The van der Waals surface area contributed by atoms with E-state index < -0.39 is 11.2 Å². The Morgan fingerprint density at radius 2 is 1.88 bits per heavy atom. The molecule has 8 heteroatoms. The van der Waals surface area contributed by atoms with E-state index in [0.717, 1.165) is 17.3 Å². The number of thioether (sulfide) groups is 1. The van der Waals surface area contributed by atoms with Gasteiger partial charge in [0.15, 0.2) is 0 Å². The topological polar surface area (TPSA) is 86.3 Å². The number of benzene rings is 2. The molecule has 0 unspecified atom stereocenters. The molecule has 1 saturated heterocycles. The van der Waals surface area contributed by atoms with Crippen LogP contribution in [0, 0.1) is 17.1 Å². The van der Waals surface area contributed by atoms with Crippen LogP contribution in [0.3, 0.4) is 0 Å². The molecule has 0 radical (unpaired) electrons. The zero-order chi connectivity index (χ0) is 22.5. The first kappa shape index (κ1) is 21.4. The molecular weight excluding hydrogens is 429 g/mol. The SMILES string of the molecule is N#C/C(C(=O)NCc1ccco1)=C1\S[C@H](Cc2ccc(F)cc2)C(=O)N1c1ccccc1. The van der Waals surface area contributed by atoms with Crippen molar-refractivity contribution in [3.05, 3.63) is 101 Å². The third-order valence-electron chi connectivity index (χ3n) is 4.86. The molecule has 0 bridgehead atoms. The number of nitrogens with one attached hydrogen (secondary N) is 1. The lowest BCUT2D eigenvalue weighted by molar-refractivity contribution is -0.117. The second kappa shape index (κ2) is 9.54. The van der Waals surface area contributed by atoms with Crippen LogP contribution in [0.2, 0.25) is 0 Å². The Morgan fingerprint density at radius 1 is 1.12 bits per heavy atom. The van der Waals surface area contributed by atoms with Gasteiger partial charge in [0.1, 0.15) is 28.2 Å². The predicted molar refractivity (Wildman–Crippen MR) is 119 cm³/mol. The molecule has 2 aromatic carbocycles. The quantitative estimate of drug-likeness (QED) is 0.453. The van der Waals surface area contributed by atoms with Crippen molar-refractivity contribution in [2.75, 3.05) is 4.90 Å². The van der Waals surface area contributed by atoms with Crippen molar-refractivity contribution in [3.63, 3.8) is 0 Å². The fourth-order valence-corrected chi connectivity index (χ4v) is 4.61. The highest BCUT2D eigenvalue weighted by molar-refractivity contribution is 8.05. The molecule has 160 valence electrons. The van der Waals surface area contributed by atoms with E-state index in [2.05, 4.69) is 5.32 Å². The summed E-state index contributed by atoms with van der Waals surface area (Å²) >= 11 is 1.16. The number of para-hydroxylation sites is 1. The van der Waals surface area contributed by atoms with Crippen molar-refractivity contribution < 1.29 is 18.4 Å². The van der Waals surface area contributed by atoms with E-state index in [1.54, 1.807) is 48.5 Å². The summed E-state index contributed by atoms with van der Waals surface area (Å²) in [6, 6.07) is 20.2. The number of rotatable bonds is 6. The molecule has 1 N–H and O–H groups in total. The molecule has 6 nitrogen and oxygen atoms in total. The van der Waals surface area contributed by atoms with Gasteiger partial charge in [-0.2, -0.15) is 5.26 Å². The predicted octanol–water partition coefficient (Wildman–Crippen LogP) is 4.16. The standard InChI is InChI=1S/C24H18FN3O3S/c25-17-10-8-16(9-11-17)13-21-23(30)28(18-5-2-1-3-6-18)24(32-21)20(14-26)22(29)27-15-19-7-4-12-31-19/h1-12,21H,13,15H2,(H,27,29)/b24-20+/t21-/m1/s1. The minimum atomic E-state index is -0.595. The summed E-state index contributed by atoms with van der Waals surface area (Å²) in [6.07, 6.45) is 1.83. The molecule has 1 aliphatic heterocycles. The van der Waals surface area contributed by atoms with E-state index in [1.807, 2.05) is 12.1 Å². The highest BCUT2D eigenvalue weighted by Gasteiger charge is 2.40. The molecule has 1 fully saturated rings. The molecule has 0 aliphatic carbocycles. The summed E-state index contributed by atoms with van der Waals surface area (Å²) in [5.74, 6) is -0.648. The molecule has 1 aromatic heterocycles. The number of carbonyl (C=O) groups is 2. The molecule has 2 heterocycles. The van der Waals surface area contributed by atoms with Crippen molar-refractivity contribution in [2.45, 2.75) is 18.2 Å². The van der Waals surface area contributed by atoms with Gasteiger partial charge < -0.3 is 9.73 Å². The van der Waals surface area contributed by atoms with Crippen LogP contribution in [0.25, 0.3) is 0 Å². The Kier molecular flexibility index (Phi) is 6.38. The number of anilines is 1. The monoisotopic (exact) mass is 447 g/mol. The molecule has 4 rings (SSSR count). The normalized spacial score (nSPS) is 17.2. The number of nitriles is 1. The van der Waals surface area contributed by atoms with E-state index in [0.29, 0.717) is 17.9 Å². The van der Waals surface area contributed by atoms with Crippen LogP contribution in [0.5, 0.6) is 0 Å². The molecule has 1 aliphatic rings. The van der Waals surface area contributed by atoms with Crippen LogP contribution in [-0.2, 0) is 22.6 Å². The number of hydrogen-bond acceptors (Lipinski definition) is 5. The molecule has 0 saturated carbocycles. The lowest BCUT2D eigenvalue weighted by Crippen LogP contribution is -2.32. The van der Waals surface area contributed by atoms with E-state index in [1.165, 1.54) is 23.3 Å². The van der Waals surface area contributed by atoms with Gasteiger partial charge in [-0.05, 0) is 48.4 Å². The number of furan rings is 1. The number of amides is 2. The minimum absolute atomic E-state index is 0.118. The highest BCUT2D eigenvalue weighted by atomic mass is 32.2. The second-order valence-corrected chi connectivity index (χ2v) is 8.19. The van der Waals surface area contributed by atoms with E-state index in [9.17, 15) is 19.2 Å². The number of hydrogen-bond donors (Lipinski definition) is 1. The van der Waals surface area contributed by atoms with Gasteiger partial charge in [-0.15, -0.1) is 0 Å². The minimum Gasteiger partial charge on any atom is -0.467 e. The van der Waals surface area contributed by atoms with Gasteiger partial charge in [-0.25, -0.2) is 4.39 Å². The fourth-order valence-electron chi connectivity index (χ4n) is 3.30.